The first-order chi connectivity index (χ1) is 11.2. The number of piperidine rings is 1. The van der Waals surface area contributed by atoms with Gasteiger partial charge < -0.3 is 14.9 Å². The summed E-state index contributed by atoms with van der Waals surface area (Å²) in [6.07, 6.45) is 4.53. The molecule has 0 aliphatic carbocycles. The Balaban J connectivity index is 0.00000288. The van der Waals surface area contributed by atoms with Crippen molar-refractivity contribution < 1.29 is 5.11 Å². The van der Waals surface area contributed by atoms with Crippen molar-refractivity contribution in [2.24, 2.45) is 0 Å². The lowest BCUT2D eigenvalue weighted by Crippen LogP contribution is -2.43. The molecule has 3 nitrogen and oxygen atoms in total. The van der Waals surface area contributed by atoms with Crippen molar-refractivity contribution >= 4 is 24.8 Å². The van der Waals surface area contributed by atoms with Gasteiger partial charge in [0.1, 0.15) is 0 Å². The van der Waals surface area contributed by atoms with E-state index in [1.807, 2.05) is 0 Å². The maximum atomic E-state index is 10.4. The summed E-state index contributed by atoms with van der Waals surface area (Å²) in [5, 5.41) is 10.4. The number of hydrogen-bond donors (Lipinski definition) is 1. The highest BCUT2D eigenvalue weighted by Gasteiger charge is 2.22. The average Bonchev–Trinajstić information content (AvgIpc) is 2.57. The third kappa shape index (κ3) is 8.74. The molecule has 1 aliphatic rings. The number of likely N-dealkylation sites (tertiary alicyclic amines) is 1. The van der Waals surface area contributed by atoms with E-state index in [9.17, 15) is 5.11 Å². The summed E-state index contributed by atoms with van der Waals surface area (Å²) in [5.41, 5.74) is 1.48. The molecular weight excluding hydrogens is 355 g/mol. The zero-order valence-electron chi connectivity index (χ0n) is 15.8. The number of halogens is 2. The SMILES string of the molecule is CCCN(CCC)CC(O)CN1CCC(c2ccccc2)CC1.Cl.Cl. The zero-order valence-corrected chi connectivity index (χ0v) is 17.4. The zero-order chi connectivity index (χ0) is 16.5. The van der Waals surface area contributed by atoms with E-state index in [0.29, 0.717) is 5.92 Å². The predicted molar refractivity (Wildman–Crippen MR) is 112 cm³/mol. The predicted octanol–water partition coefficient (Wildman–Crippen LogP) is 4.19. The highest BCUT2D eigenvalue weighted by Crippen LogP contribution is 2.27. The van der Waals surface area contributed by atoms with Gasteiger partial charge in [-0.05, 0) is 63.3 Å². The third-order valence-electron chi connectivity index (χ3n) is 4.88. The van der Waals surface area contributed by atoms with Gasteiger partial charge in [-0.15, -0.1) is 24.8 Å². The van der Waals surface area contributed by atoms with Gasteiger partial charge in [0.25, 0.3) is 0 Å². The number of hydrogen-bond acceptors (Lipinski definition) is 3. The second-order valence-corrected chi connectivity index (χ2v) is 6.94. The van der Waals surface area contributed by atoms with Crippen LogP contribution in [0.5, 0.6) is 0 Å². The van der Waals surface area contributed by atoms with Crippen molar-refractivity contribution in [1.82, 2.24) is 9.80 Å². The van der Waals surface area contributed by atoms with Crippen molar-refractivity contribution in [2.45, 2.75) is 51.6 Å². The Hall–Kier alpha value is -0.320. The lowest BCUT2D eigenvalue weighted by atomic mass is 9.89. The van der Waals surface area contributed by atoms with Gasteiger partial charge in [0.15, 0.2) is 0 Å². The minimum absolute atomic E-state index is 0. The molecule has 2 rings (SSSR count). The summed E-state index contributed by atoms with van der Waals surface area (Å²) in [4.78, 5) is 4.85. The van der Waals surface area contributed by atoms with E-state index in [1.165, 1.54) is 18.4 Å². The van der Waals surface area contributed by atoms with E-state index in [1.54, 1.807) is 0 Å². The first kappa shape index (κ1) is 24.7. The van der Waals surface area contributed by atoms with Crippen LogP contribution in [-0.4, -0.2) is 60.3 Å². The monoisotopic (exact) mass is 390 g/mol. The first-order valence-corrected chi connectivity index (χ1v) is 9.40. The first-order valence-electron chi connectivity index (χ1n) is 9.40. The van der Waals surface area contributed by atoms with E-state index < -0.39 is 0 Å². The van der Waals surface area contributed by atoms with Gasteiger partial charge >= 0.3 is 0 Å². The quantitative estimate of drug-likeness (QED) is 0.684. The topological polar surface area (TPSA) is 26.7 Å². The fourth-order valence-corrected chi connectivity index (χ4v) is 3.75. The molecule has 0 aromatic heterocycles. The van der Waals surface area contributed by atoms with Gasteiger partial charge in [-0.25, -0.2) is 0 Å². The standard InChI is InChI=1S/C20H34N2O.2ClH/c1-3-12-21(13-4-2)16-20(23)17-22-14-10-19(11-15-22)18-8-6-5-7-9-18;;/h5-9,19-20,23H,3-4,10-17H2,1-2H3;2*1H. The van der Waals surface area contributed by atoms with Crippen LogP contribution < -0.4 is 0 Å². The van der Waals surface area contributed by atoms with Gasteiger partial charge in [0, 0.05) is 13.1 Å². The van der Waals surface area contributed by atoms with Crippen molar-refractivity contribution in [3.8, 4) is 0 Å². The van der Waals surface area contributed by atoms with Crippen molar-refractivity contribution in [3.05, 3.63) is 35.9 Å². The van der Waals surface area contributed by atoms with Crippen LogP contribution in [0.3, 0.4) is 0 Å². The van der Waals surface area contributed by atoms with E-state index in [4.69, 9.17) is 0 Å². The number of aliphatic hydroxyl groups excluding tert-OH is 1. The normalized spacial score (nSPS) is 17.0. The molecule has 1 N–H and O–H groups in total. The molecule has 1 aromatic carbocycles. The molecule has 25 heavy (non-hydrogen) atoms. The molecule has 0 bridgehead atoms. The lowest BCUT2D eigenvalue weighted by molar-refractivity contribution is 0.0645. The summed E-state index contributed by atoms with van der Waals surface area (Å²) in [7, 11) is 0. The molecule has 0 spiro atoms. The summed E-state index contributed by atoms with van der Waals surface area (Å²) in [6, 6.07) is 10.9. The van der Waals surface area contributed by atoms with Crippen molar-refractivity contribution in [3.63, 3.8) is 0 Å². The fraction of sp³-hybridized carbons (Fsp3) is 0.700. The van der Waals surface area contributed by atoms with E-state index in [-0.39, 0.29) is 30.9 Å². The highest BCUT2D eigenvalue weighted by atomic mass is 35.5. The number of rotatable bonds is 9. The molecule has 1 aromatic rings. The van der Waals surface area contributed by atoms with E-state index >= 15 is 0 Å². The fourth-order valence-electron chi connectivity index (χ4n) is 3.75. The third-order valence-corrected chi connectivity index (χ3v) is 4.88. The van der Waals surface area contributed by atoms with Crippen LogP contribution in [0.15, 0.2) is 30.3 Å². The summed E-state index contributed by atoms with van der Waals surface area (Å²) in [5.74, 6) is 0.696. The second-order valence-electron chi connectivity index (χ2n) is 6.94. The molecule has 0 radical (unpaired) electrons. The van der Waals surface area contributed by atoms with Crippen LogP contribution in [0.4, 0.5) is 0 Å². The molecule has 1 fully saturated rings. The molecule has 5 heteroatoms. The maximum absolute atomic E-state index is 10.4. The van der Waals surface area contributed by atoms with Crippen LogP contribution in [0, 0.1) is 0 Å². The minimum atomic E-state index is -0.221. The Morgan fingerprint density at radius 2 is 1.60 bits per heavy atom. The molecular formula is C20H36Cl2N2O. The maximum Gasteiger partial charge on any atom is 0.0793 e. The average molecular weight is 391 g/mol. The van der Waals surface area contributed by atoms with Gasteiger partial charge in [0.2, 0.25) is 0 Å². The molecule has 146 valence electrons. The Morgan fingerprint density at radius 3 is 2.12 bits per heavy atom. The Labute approximate surface area is 166 Å². The van der Waals surface area contributed by atoms with E-state index in [0.717, 1.165) is 52.1 Å². The molecule has 1 unspecified atom stereocenters. The van der Waals surface area contributed by atoms with Crippen molar-refractivity contribution in [2.75, 3.05) is 39.3 Å². The minimum Gasteiger partial charge on any atom is -0.390 e. The molecule has 1 atom stereocenters. The van der Waals surface area contributed by atoms with Crippen LogP contribution in [0.1, 0.15) is 51.0 Å². The number of β-amino-alcohol motifs (C(OH)–C–C–N with tert-alkyl or cyclic N) is 1. The molecule has 1 heterocycles. The van der Waals surface area contributed by atoms with Crippen LogP contribution >= 0.6 is 24.8 Å². The summed E-state index contributed by atoms with van der Waals surface area (Å²) < 4.78 is 0. The molecule has 0 amide bonds. The van der Waals surface area contributed by atoms with Crippen LogP contribution in [-0.2, 0) is 0 Å². The Morgan fingerprint density at radius 1 is 1.04 bits per heavy atom. The largest absolute Gasteiger partial charge is 0.390 e. The highest BCUT2D eigenvalue weighted by molar-refractivity contribution is 5.85. The second kappa shape index (κ2) is 13.8. The van der Waals surface area contributed by atoms with Gasteiger partial charge in [0.05, 0.1) is 6.10 Å². The van der Waals surface area contributed by atoms with Gasteiger partial charge in [-0.3, -0.25) is 0 Å². The Kier molecular flexibility index (Phi) is 13.7. The summed E-state index contributed by atoms with van der Waals surface area (Å²) >= 11 is 0. The Bertz CT molecular complexity index is 419. The smallest absolute Gasteiger partial charge is 0.0793 e. The van der Waals surface area contributed by atoms with Gasteiger partial charge in [-0.1, -0.05) is 44.2 Å². The number of benzene rings is 1. The molecule has 1 aliphatic heterocycles. The summed E-state index contributed by atoms with van der Waals surface area (Å²) in [6.45, 7) is 10.5. The lowest BCUT2D eigenvalue weighted by Gasteiger charge is -2.34. The van der Waals surface area contributed by atoms with Crippen LogP contribution in [0.25, 0.3) is 0 Å². The van der Waals surface area contributed by atoms with E-state index in [2.05, 4.69) is 54.0 Å². The number of aliphatic hydroxyl groups is 1. The molecule has 1 saturated heterocycles. The van der Waals surface area contributed by atoms with Crippen LogP contribution in [0.2, 0.25) is 0 Å². The number of nitrogens with zero attached hydrogens (tertiary/aromatic N) is 2. The van der Waals surface area contributed by atoms with Gasteiger partial charge in [-0.2, -0.15) is 0 Å². The van der Waals surface area contributed by atoms with Crippen molar-refractivity contribution in [1.29, 1.82) is 0 Å². The molecule has 0 saturated carbocycles.